The fourth-order valence-corrected chi connectivity index (χ4v) is 3.38. The number of fused-ring (bicyclic) bond motifs is 2. The lowest BCUT2D eigenvalue weighted by Crippen LogP contribution is -2.14. The molecule has 4 rings (SSSR count). The summed E-state index contributed by atoms with van der Waals surface area (Å²) in [4.78, 5) is 25.1. The van der Waals surface area contributed by atoms with Crippen molar-refractivity contribution in [2.24, 2.45) is 0 Å². The predicted molar refractivity (Wildman–Crippen MR) is 110 cm³/mol. The number of ether oxygens (including phenoxy) is 1. The van der Waals surface area contributed by atoms with E-state index in [9.17, 15) is 9.59 Å². The fraction of sp³-hybridized carbons (Fsp3) is 0.0476. The molecule has 1 aliphatic heterocycles. The van der Waals surface area contributed by atoms with Crippen molar-refractivity contribution in [3.8, 4) is 11.5 Å². The minimum atomic E-state index is -0.407. The summed E-state index contributed by atoms with van der Waals surface area (Å²) in [7, 11) is 0. The minimum Gasteiger partial charge on any atom is -0.454 e. The van der Waals surface area contributed by atoms with Gasteiger partial charge in [0.15, 0.2) is 5.75 Å². The van der Waals surface area contributed by atoms with E-state index < -0.39 is 5.91 Å². The van der Waals surface area contributed by atoms with E-state index in [-0.39, 0.29) is 16.5 Å². The van der Waals surface area contributed by atoms with Gasteiger partial charge in [-0.3, -0.25) is 9.59 Å². The summed E-state index contributed by atoms with van der Waals surface area (Å²) >= 11 is 12.0. The number of benzene rings is 3. The van der Waals surface area contributed by atoms with Crippen LogP contribution in [0.1, 0.15) is 26.3 Å². The van der Waals surface area contributed by atoms with Crippen molar-refractivity contribution < 1.29 is 14.3 Å². The van der Waals surface area contributed by atoms with E-state index in [1.54, 1.807) is 30.3 Å². The molecule has 0 unspecified atom stereocenters. The SMILES string of the molecule is Cc1ccc2c(c1)NC(=O)c1cc(NC(=O)c3ccc(Cl)cc3Cl)ccc1O2. The van der Waals surface area contributed by atoms with Gasteiger partial charge >= 0.3 is 0 Å². The standard InChI is InChI=1S/C21H14Cl2N2O3/c1-11-2-6-19-17(8-11)25-21(27)15-10-13(4-7-18(15)28-19)24-20(26)14-5-3-12(22)9-16(14)23/h2-10H,1H3,(H,24,26)(H,25,27). The van der Waals surface area contributed by atoms with E-state index in [4.69, 9.17) is 27.9 Å². The Morgan fingerprint density at radius 3 is 2.57 bits per heavy atom. The van der Waals surface area contributed by atoms with E-state index in [0.717, 1.165) is 5.56 Å². The summed E-state index contributed by atoms with van der Waals surface area (Å²) in [6.45, 7) is 1.93. The Balaban J connectivity index is 1.63. The average Bonchev–Trinajstić information content (AvgIpc) is 2.77. The van der Waals surface area contributed by atoms with Crippen LogP contribution in [0.4, 0.5) is 11.4 Å². The first-order valence-corrected chi connectivity index (χ1v) is 9.16. The molecule has 0 aliphatic carbocycles. The maximum Gasteiger partial charge on any atom is 0.259 e. The molecular weight excluding hydrogens is 399 g/mol. The number of aryl methyl sites for hydroxylation is 1. The van der Waals surface area contributed by atoms with E-state index in [2.05, 4.69) is 10.6 Å². The predicted octanol–water partition coefficient (Wildman–Crippen LogP) is 5.91. The van der Waals surface area contributed by atoms with Crippen LogP contribution in [0.25, 0.3) is 0 Å². The molecule has 7 heteroatoms. The third kappa shape index (κ3) is 3.54. The molecule has 0 spiro atoms. The lowest BCUT2D eigenvalue weighted by atomic mass is 10.1. The molecule has 0 saturated heterocycles. The molecule has 0 fully saturated rings. The summed E-state index contributed by atoms with van der Waals surface area (Å²) in [5.74, 6) is 0.237. The number of rotatable bonds is 2. The first-order chi connectivity index (χ1) is 13.4. The van der Waals surface area contributed by atoms with Crippen molar-refractivity contribution in [1.29, 1.82) is 0 Å². The Hall–Kier alpha value is -3.02. The van der Waals surface area contributed by atoms with E-state index >= 15 is 0 Å². The van der Waals surface area contributed by atoms with Crippen LogP contribution in [0.15, 0.2) is 54.6 Å². The molecule has 0 bridgehead atoms. The zero-order chi connectivity index (χ0) is 19.8. The Bertz CT molecular complexity index is 1130. The van der Waals surface area contributed by atoms with Gasteiger partial charge in [-0.1, -0.05) is 29.3 Å². The molecule has 3 aromatic rings. The number of carbonyl (C=O) groups excluding carboxylic acids is 2. The van der Waals surface area contributed by atoms with Gasteiger partial charge in [0.1, 0.15) is 5.75 Å². The van der Waals surface area contributed by atoms with Crippen molar-refractivity contribution in [2.45, 2.75) is 6.92 Å². The van der Waals surface area contributed by atoms with Gasteiger partial charge in [0.25, 0.3) is 11.8 Å². The average molecular weight is 413 g/mol. The Morgan fingerprint density at radius 1 is 1.00 bits per heavy atom. The zero-order valence-electron chi connectivity index (χ0n) is 14.7. The molecule has 0 saturated carbocycles. The number of halogens is 2. The minimum absolute atomic E-state index is 0.242. The van der Waals surface area contributed by atoms with Crippen LogP contribution in [-0.2, 0) is 0 Å². The molecule has 2 amide bonds. The molecule has 0 atom stereocenters. The first kappa shape index (κ1) is 18.3. The number of anilines is 2. The Morgan fingerprint density at radius 2 is 1.79 bits per heavy atom. The van der Waals surface area contributed by atoms with Crippen LogP contribution in [0, 0.1) is 6.92 Å². The first-order valence-electron chi connectivity index (χ1n) is 8.41. The van der Waals surface area contributed by atoms with Gasteiger partial charge in [-0.05, 0) is 61.0 Å². The highest BCUT2D eigenvalue weighted by molar-refractivity contribution is 6.37. The second-order valence-corrected chi connectivity index (χ2v) is 7.19. The molecule has 140 valence electrons. The van der Waals surface area contributed by atoms with Crippen LogP contribution in [0.3, 0.4) is 0 Å². The molecular formula is C21H14Cl2N2O3. The highest BCUT2D eigenvalue weighted by Gasteiger charge is 2.22. The summed E-state index contributed by atoms with van der Waals surface area (Å²) in [6.07, 6.45) is 0. The summed E-state index contributed by atoms with van der Waals surface area (Å²) in [5, 5.41) is 6.25. The van der Waals surface area contributed by atoms with E-state index in [1.807, 2.05) is 19.1 Å². The zero-order valence-corrected chi connectivity index (χ0v) is 16.2. The van der Waals surface area contributed by atoms with Gasteiger partial charge in [-0.25, -0.2) is 0 Å². The second kappa shape index (κ2) is 7.19. The largest absolute Gasteiger partial charge is 0.454 e. The van der Waals surface area contributed by atoms with Crippen LogP contribution in [0.5, 0.6) is 11.5 Å². The highest BCUT2D eigenvalue weighted by Crippen LogP contribution is 2.37. The normalized spacial score (nSPS) is 12.2. The van der Waals surface area contributed by atoms with Crippen LogP contribution in [-0.4, -0.2) is 11.8 Å². The number of hydrogen-bond acceptors (Lipinski definition) is 3. The van der Waals surface area contributed by atoms with Gasteiger partial charge in [-0.2, -0.15) is 0 Å². The quantitative estimate of drug-likeness (QED) is 0.549. The van der Waals surface area contributed by atoms with Crippen molar-refractivity contribution in [1.82, 2.24) is 0 Å². The van der Waals surface area contributed by atoms with Crippen LogP contribution >= 0.6 is 23.2 Å². The Labute approximate surface area is 171 Å². The molecule has 1 heterocycles. The summed E-state index contributed by atoms with van der Waals surface area (Å²) in [6, 6.07) is 15.0. The monoisotopic (exact) mass is 412 g/mol. The highest BCUT2D eigenvalue weighted by atomic mass is 35.5. The lowest BCUT2D eigenvalue weighted by Gasteiger charge is -2.11. The molecule has 3 aromatic carbocycles. The van der Waals surface area contributed by atoms with E-state index in [0.29, 0.717) is 33.5 Å². The lowest BCUT2D eigenvalue weighted by molar-refractivity contribution is 0.101. The summed E-state index contributed by atoms with van der Waals surface area (Å²) in [5.41, 5.74) is 2.63. The molecule has 2 N–H and O–H groups in total. The molecule has 28 heavy (non-hydrogen) atoms. The van der Waals surface area contributed by atoms with Gasteiger partial charge in [0, 0.05) is 10.7 Å². The number of nitrogens with one attached hydrogen (secondary N) is 2. The topological polar surface area (TPSA) is 67.4 Å². The fourth-order valence-electron chi connectivity index (χ4n) is 2.88. The van der Waals surface area contributed by atoms with Crippen molar-refractivity contribution in [3.05, 3.63) is 81.3 Å². The van der Waals surface area contributed by atoms with Crippen molar-refractivity contribution in [2.75, 3.05) is 10.6 Å². The second-order valence-electron chi connectivity index (χ2n) is 6.35. The maximum absolute atomic E-state index is 12.6. The number of hydrogen-bond donors (Lipinski definition) is 2. The Kier molecular flexibility index (Phi) is 4.71. The maximum atomic E-state index is 12.6. The van der Waals surface area contributed by atoms with E-state index in [1.165, 1.54) is 12.1 Å². The van der Waals surface area contributed by atoms with Crippen molar-refractivity contribution >= 4 is 46.4 Å². The molecule has 0 aromatic heterocycles. The van der Waals surface area contributed by atoms with Crippen LogP contribution in [0.2, 0.25) is 10.0 Å². The summed E-state index contributed by atoms with van der Waals surface area (Å²) < 4.78 is 5.87. The number of carbonyl (C=O) groups is 2. The third-order valence-corrected chi connectivity index (χ3v) is 4.81. The number of amides is 2. The smallest absolute Gasteiger partial charge is 0.259 e. The van der Waals surface area contributed by atoms with Gasteiger partial charge in [0.2, 0.25) is 0 Å². The van der Waals surface area contributed by atoms with Crippen molar-refractivity contribution in [3.63, 3.8) is 0 Å². The molecule has 0 radical (unpaired) electrons. The third-order valence-electron chi connectivity index (χ3n) is 4.26. The van der Waals surface area contributed by atoms with Crippen LogP contribution < -0.4 is 15.4 Å². The van der Waals surface area contributed by atoms with Gasteiger partial charge < -0.3 is 15.4 Å². The molecule has 5 nitrogen and oxygen atoms in total. The molecule has 1 aliphatic rings. The van der Waals surface area contributed by atoms with Gasteiger partial charge in [-0.15, -0.1) is 0 Å². The van der Waals surface area contributed by atoms with Gasteiger partial charge in [0.05, 0.1) is 21.8 Å².